The molecule has 0 fully saturated rings. The predicted octanol–water partition coefficient (Wildman–Crippen LogP) is 6.35. The molecule has 0 bridgehead atoms. The van der Waals surface area contributed by atoms with Crippen molar-refractivity contribution in [2.75, 3.05) is 7.11 Å². The van der Waals surface area contributed by atoms with Gasteiger partial charge < -0.3 is 14.2 Å². The number of rotatable bonds is 11. The van der Waals surface area contributed by atoms with Gasteiger partial charge in [0, 0.05) is 45.9 Å². The van der Waals surface area contributed by atoms with Crippen LogP contribution in [0.5, 0.6) is 5.75 Å². The van der Waals surface area contributed by atoms with Crippen molar-refractivity contribution in [1.29, 1.82) is 0 Å². The largest absolute Gasteiger partial charge is 0.489 e. The first-order chi connectivity index (χ1) is 26.4. The SMILES string of the molecule is COC(=O)[C@H](Cc1ccc(OCc2ccccc2)cc1)N1C(=O)c2ccc3c4c(ccc(c24)C1=O)C(=O)N([C@@H](Cc1ccccc1)C(=O)OC(C)(C)C)C3=O. The zero-order valence-electron chi connectivity index (χ0n) is 30.7. The van der Waals surface area contributed by atoms with Crippen molar-refractivity contribution >= 4 is 46.3 Å². The minimum absolute atomic E-state index is 0.00611. The van der Waals surface area contributed by atoms with E-state index in [0.29, 0.717) is 23.5 Å². The van der Waals surface area contributed by atoms with Crippen LogP contribution in [0.2, 0.25) is 0 Å². The minimum Gasteiger partial charge on any atom is -0.489 e. The second kappa shape index (κ2) is 14.7. The topological polar surface area (TPSA) is 137 Å². The van der Waals surface area contributed by atoms with Crippen LogP contribution < -0.4 is 4.74 Å². The summed E-state index contributed by atoms with van der Waals surface area (Å²) in [5.41, 5.74) is 1.62. The van der Waals surface area contributed by atoms with Crippen molar-refractivity contribution in [2.45, 2.75) is 57.9 Å². The lowest BCUT2D eigenvalue weighted by Crippen LogP contribution is -2.54. The number of carbonyl (C=O) groups excluding carboxylic acids is 6. The summed E-state index contributed by atoms with van der Waals surface area (Å²) in [6.45, 7) is 5.46. The summed E-state index contributed by atoms with van der Waals surface area (Å²) in [4.78, 5) is 85.9. The van der Waals surface area contributed by atoms with E-state index in [0.717, 1.165) is 15.4 Å². The molecule has 5 aromatic rings. The van der Waals surface area contributed by atoms with Gasteiger partial charge in [-0.2, -0.15) is 0 Å². The fourth-order valence-electron chi connectivity index (χ4n) is 7.07. The zero-order valence-corrected chi connectivity index (χ0v) is 30.7. The van der Waals surface area contributed by atoms with E-state index in [1.54, 1.807) is 69.3 Å². The van der Waals surface area contributed by atoms with Crippen LogP contribution in [0.15, 0.2) is 109 Å². The minimum atomic E-state index is -1.33. The van der Waals surface area contributed by atoms with Gasteiger partial charge in [-0.3, -0.25) is 29.0 Å². The van der Waals surface area contributed by atoms with E-state index in [1.165, 1.54) is 31.4 Å². The fraction of sp³-hybridized carbons (Fsp3) is 0.227. The number of carbonyl (C=O) groups is 6. The normalized spacial score (nSPS) is 14.8. The molecule has 0 radical (unpaired) electrons. The molecule has 0 aromatic heterocycles. The van der Waals surface area contributed by atoms with Crippen LogP contribution >= 0.6 is 0 Å². The summed E-state index contributed by atoms with van der Waals surface area (Å²) < 4.78 is 16.7. The first kappa shape index (κ1) is 36.7. The number of benzene rings is 5. The Kier molecular flexibility index (Phi) is 9.79. The molecule has 2 atom stereocenters. The third-order valence-corrected chi connectivity index (χ3v) is 9.61. The van der Waals surface area contributed by atoms with Gasteiger partial charge in [0.1, 0.15) is 30.0 Å². The molecule has 2 heterocycles. The van der Waals surface area contributed by atoms with Crippen LogP contribution in [0.25, 0.3) is 10.8 Å². The number of ether oxygens (including phenoxy) is 3. The van der Waals surface area contributed by atoms with E-state index < -0.39 is 53.3 Å². The van der Waals surface area contributed by atoms with Gasteiger partial charge in [0.05, 0.1) is 7.11 Å². The van der Waals surface area contributed by atoms with E-state index >= 15 is 0 Å². The maximum absolute atomic E-state index is 14.3. The third kappa shape index (κ3) is 7.08. The van der Waals surface area contributed by atoms with Gasteiger partial charge in [-0.05, 0) is 73.9 Å². The summed E-state index contributed by atoms with van der Waals surface area (Å²) in [5, 5.41) is 0.258. The molecule has 278 valence electrons. The highest BCUT2D eigenvalue weighted by atomic mass is 16.6. The standard InChI is InChI=1S/C44H38N2O9/c1-44(2,3)55-43(52)35(23-26-11-7-5-8-12-26)46-40(49)32-21-19-30-36-31(20-22-33(37(32)36)41(46)50)39(48)45(38(30)47)34(42(51)53-4)24-27-15-17-29(18-16-27)54-25-28-13-9-6-10-14-28/h5-22,34-35H,23-25H2,1-4H3/t34-,35-/m0/s1. The predicted molar refractivity (Wildman–Crippen MR) is 201 cm³/mol. The number of amides is 4. The van der Waals surface area contributed by atoms with Gasteiger partial charge in [0.2, 0.25) is 0 Å². The molecule has 0 saturated heterocycles. The van der Waals surface area contributed by atoms with E-state index in [1.807, 2.05) is 36.4 Å². The lowest BCUT2D eigenvalue weighted by atomic mass is 9.84. The highest BCUT2D eigenvalue weighted by Crippen LogP contribution is 2.39. The maximum atomic E-state index is 14.3. The van der Waals surface area contributed by atoms with Gasteiger partial charge in [-0.15, -0.1) is 0 Å². The Labute approximate surface area is 317 Å². The van der Waals surface area contributed by atoms with Gasteiger partial charge >= 0.3 is 11.9 Å². The van der Waals surface area contributed by atoms with Crippen molar-refractivity contribution in [1.82, 2.24) is 9.80 Å². The Hall–Kier alpha value is -6.62. The maximum Gasteiger partial charge on any atom is 0.330 e. The van der Waals surface area contributed by atoms with Gasteiger partial charge in [0.25, 0.3) is 23.6 Å². The Balaban J connectivity index is 1.20. The number of imide groups is 2. The third-order valence-electron chi connectivity index (χ3n) is 9.61. The Morgan fingerprint density at radius 3 is 1.36 bits per heavy atom. The number of hydrogen-bond donors (Lipinski definition) is 0. The molecule has 0 aliphatic carbocycles. The summed E-state index contributed by atoms with van der Waals surface area (Å²) in [7, 11) is 1.18. The lowest BCUT2D eigenvalue weighted by molar-refractivity contribution is -0.159. The highest BCUT2D eigenvalue weighted by molar-refractivity contribution is 6.34. The van der Waals surface area contributed by atoms with Crippen molar-refractivity contribution in [3.63, 3.8) is 0 Å². The first-order valence-electron chi connectivity index (χ1n) is 17.8. The van der Waals surface area contributed by atoms with Crippen LogP contribution in [0.4, 0.5) is 0 Å². The van der Waals surface area contributed by atoms with Crippen LogP contribution in [0.1, 0.15) is 78.9 Å². The van der Waals surface area contributed by atoms with Crippen LogP contribution in [-0.4, -0.2) is 70.2 Å². The molecule has 0 unspecified atom stereocenters. The molecular weight excluding hydrogens is 700 g/mol. The van der Waals surface area contributed by atoms with E-state index in [9.17, 15) is 28.8 Å². The summed E-state index contributed by atoms with van der Waals surface area (Å²) in [6.07, 6.45) is -0.0384. The Morgan fingerprint density at radius 2 is 0.945 bits per heavy atom. The molecule has 2 aliphatic heterocycles. The van der Waals surface area contributed by atoms with E-state index in [2.05, 4.69) is 0 Å². The van der Waals surface area contributed by atoms with Gasteiger partial charge in [0.15, 0.2) is 0 Å². The zero-order chi connectivity index (χ0) is 39.0. The average molecular weight is 739 g/mol. The van der Waals surface area contributed by atoms with Crippen molar-refractivity contribution in [2.24, 2.45) is 0 Å². The molecule has 4 amide bonds. The van der Waals surface area contributed by atoms with E-state index in [-0.39, 0.29) is 45.9 Å². The molecule has 5 aromatic carbocycles. The smallest absolute Gasteiger partial charge is 0.330 e. The van der Waals surface area contributed by atoms with Crippen molar-refractivity contribution in [3.05, 3.63) is 148 Å². The Bertz CT molecular complexity index is 2280. The van der Waals surface area contributed by atoms with Crippen LogP contribution in [0, 0.1) is 0 Å². The second-order valence-corrected chi connectivity index (χ2v) is 14.4. The number of esters is 2. The summed E-state index contributed by atoms with van der Waals surface area (Å²) in [6, 6.07) is 28.6. The molecule has 0 spiro atoms. The molecular formula is C44H38N2O9. The summed E-state index contributed by atoms with van der Waals surface area (Å²) in [5.74, 6) is -4.04. The summed E-state index contributed by atoms with van der Waals surface area (Å²) >= 11 is 0. The molecule has 55 heavy (non-hydrogen) atoms. The molecule has 0 N–H and O–H groups in total. The van der Waals surface area contributed by atoms with Crippen molar-refractivity contribution in [3.8, 4) is 5.75 Å². The molecule has 0 saturated carbocycles. The fourth-order valence-corrected chi connectivity index (χ4v) is 7.07. The first-order valence-corrected chi connectivity index (χ1v) is 17.8. The monoisotopic (exact) mass is 738 g/mol. The van der Waals surface area contributed by atoms with Crippen LogP contribution in [0.3, 0.4) is 0 Å². The number of nitrogens with zero attached hydrogens (tertiary/aromatic N) is 2. The molecule has 2 aliphatic rings. The Morgan fingerprint density at radius 1 is 0.545 bits per heavy atom. The second-order valence-electron chi connectivity index (χ2n) is 14.4. The lowest BCUT2D eigenvalue weighted by Gasteiger charge is -2.36. The molecule has 11 nitrogen and oxygen atoms in total. The van der Waals surface area contributed by atoms with Gasteiger partial charge in [-0.1, -0.05) is 72.8 Å². The highest BCUT2D eigenvalue weighted by Gasteiger charge is 2.46. The van der Waals surface area contributed by atoms with Gasteiger partial charge in [-0.25, -0.2) is 9.59 Å². The van der Waals surface area contributed by atoms with Crippen molar-refractivity contribution < 1.29 is 43.0 Å². The quantitative estimate of drug-likeness (QED) is 0.112. The average Bonchev–Trinajstić information content (AvgIpc) is 3.17. The molecule has 11 heteroatoms. The van der Waals surface area contributed by atoms with E-state index in [4.69, 9.17) is 14.2 Å². The molecule has 7 rings (SSSR count). The van der Waals surface area contributed by atoms with Crippen LogP contribution in [-0.2, 0) is 38.5 Å². The number of hydrogen-bond acceptors (Lipinski definition) is 9. The number of methoxy groups -OCH3 is 1.